The van der Waals surface area contributed by atoms with E-state index in [1.165, 1.54) is 23.3 Å². The Labute approximate surface area is 113 Å². The normalized spacial score (nSPS) is 10.5. The summed E-state index contributed by atoms with van der Waals surface area (Å²) in [7, 11) is 0. The zero-order chi connectivity index (χ0) is 13.0. The molecule has 0 aliphatic carbocycles. The third-order valence-corrected chi connectivity index (χ3v) is 4.10. The molecule has 0 radical (unpaired) electrons. The number of hydrogen-bond acceptors (Lipinski definition) is 5. The highest BCUT2D eigenvalue weighted by Gasteiger charge is 2.12. The van der Waals surface area contributed by atoms with E-state index in [2.05, 4.69) is 16.3 Å². The molecular weight excluding hydrogens is 268 g/mol. The maximum Gasteiger partial charge on any atom is 0.336 e. The van der Waals surface area contributed by atoms with E-state index >= 15 is 0 Å². The Morgan fingerprint density at radius 2 is 2.22 bits per heavy atom. The molecule has 6 heteroatoms. The first-order chi connectivity index (χ1) is 8.70. The summed E-state index contributed by atoms with van der Waals surface area (Å²) < 4.78 is 5.02. The molecule has 2 rings (SSSR count). The second-order valence-corrected chi connectivity index (χ2v) is 5.67. The molecule has 1 heterocycles. The van der Waals surface area contributed by atoms with E-state index in [0.717, 1.165) is 23.0 Å². The van der Waals surface area contributed by atoms with Gasteiger partial charge >= 0.3 is 5.97 Å². The lowest BCUT2D eigenvalue weighted by Gasteiger charge is -2.01. The zero-order valence-electron chi connectivity index (χ0n) is 9.79. The van der Waals surface area contributed by atoms with Gasteiger partial charge in [0, 0.05) is 11.3 Å². The van der Waals surface area contributed by atoms with Crippen molar-refractivity contribution in [1.29, 1.82) is 0 Å². The second kappa shape index (κ2) is 5.97. The molecule has 1 N–H and O–H groups in total. The first kappa shape index (κ1) is 13.0. The van der Waals surface area contributed by atoms with Crippen LogP contribution in [0.25, 0.3) is 0 Å². The van der Waals surface area contributed by atoms with Gasteiger partial charge in [0.25, 0.3) is 0 Å². The molecule has 18 heavy (non-hydrogen) atoms. The molecule has 94 valence electrons. The van der Waals surface area contributed by atoms with Crippen LogP contribution >= 0.6 is 23.3 Å². The van der Waals surface area contributed by atoms with Gasteiger partial charge in [0.2, 0.25) is 0 Å². The van der Waals surface area contributed by atoms with E-state index in [1.54, 1.807) is 18.2 Å². The van der Waals surface area contributed by atoms with Gasteiger partial charge in [-0.3, -0.25) is 0 Å². The molecule has 0 saturated heterocycles. The minimum absolute atomic E-state index is 0.301. The van der Waals surface area contributed by atoms with Crippen molar-refractivity contribution in [2.45, 2.75) is 29.0 Å². The van der Waals surface area contributed by atoms with Gasteiger partial charge in [0.1, 0.15) is 5.82 Å². The SMILES string of the molecule is CCCc1nsc(Sc2ccccc2C(=O)O)n1. The zero-order valence-corrected chi connectivity index (χ0v) is 11.4. The molecule has 0 unspecified atom stereocenters. The van der Waals surface area contributed by atoms with E-state index in [1.807, 2.05) is 6.07 Å². The lowest BCUT2D eigenvalue weighted by Crippen LogP contribution is -1.97. The maximum atomic E-state index is 11.1. The summed E-state index contributed by atoms with van der Waals surface area (Å²) in [5.41, 5.74) is 0.301. The summed E-state index contributed by atoms with van der Waals surface area (Å²) in [4.78, 5) is 16.1. The van der Waals surface area contributed by atoms with Crippen LogP contribution in [0.15, 0.2) is 33.5 Å². The third kappa shape index (κ3) is 3.08. The predicted octanol–water partition coefficient (Wildman–Crippen LogP) is 3.34. The van der Waals surface area contributed by atoms with E-state index in [4.69, 9.17) is 5.11 Å². The Kier molecular flexibility index (Phi) is 4.33. The van der Waals surface area contributed by atoms with Gasteiger partial charge in [-0.15, -0.1) is 0 Å². The predicted molar refractivity (Wildman–Crippen MR) is 71.4 cm³/mol. The van der Waals surface area contributed by atoms with E-state index in [0.29, 0.717) is 10.5 Å². The number of benzene rings is 1. The summed E-state index contributed by atoms with van der Waals surface area (Å²) in [6, 6.07) is 6.92. The number of hydrogen-bond donors (Lipinski definition) is 1. The van der Waals surface area contributed by atoms with Gasteiger partial charge in [-0.2, -0.15) is 4.37 Å². The van der Waals surface area contributed by atoms with Crippen molar-refractivity contribution >= 4 is 29.3 Å². The second-order valence-electron chi connectivity index (χ2n) is 3.63. The van der Waals surface area contributed by atoms with Gasteiger partial charge in [-0.1, -0.05) is 30.8 Å². The molecule has 0 saturated carbocycles. The van der Waals surface area contributed by atoms with Crippen LogP contribution in [-0.4, -0.2) is 20.4 Å². The van der Waals surface area contributed by atoms with Crippen molar-refractivity contribution in [3.05, 3.63) is 35.7 Å². The monoisotopic (exact) mass is 280 g/mol. The highest BCUT2D eigenvalue weighted by molar-refractivity contribution is 8.01. The largest absolute Gasteiger partial charge is 0.478 e. The fourth-order valence-electron chi connectivity index (χ4n) is 1.43. The number of aromatic nitrogens is 2. The molecule has 0 aliphatic rings. The smallest absolute Gasteiger partial charge is 0.336 e. The Morgan fingerprint density at radius 1 is 1.44 bits per heavy atom. The molecule has 1 aromatic carbocycles. The van der Waals surface area contributed by atoms with Crippen LogP contribution in [0.2, 0.25) is 0 Å². The van der Waals surface area contributed by atoms with E-state index in [9.17, 15) is 4.79 Å². The summed E-state index contributed by atoms with van der Waals surface area (Å²) in [5, 5.41) is 9.09. The average molecular weight is 280 g/mol. The first-order valence-electron chi connectivity index (χ1n) is 5.53. The Morgan fingerprint density at radius 3 is 2.94 bits per heavy atom. The number of nitrogens with zero attached hydrogens (tertiary/aromatic N) is 2. The minimum Gasteiger partial charge on any atom is -0.478 e. The van der Waals surface area contributed by atoms with Crippen molar-refractivity contribution < 1.29 is 9.90 Å². The lowest BCUT2D eigenvalue weighted by atomic mass is 10.2. The number of carbonyl (C=O) groups is 1. The molecule has 4 nitrogen and oxygen atoms in total. The van der Waals surface area contributed by atoms with Crippen molar-refractivity contribution in [2.24, 2.45) is 0 Å². The highest BCUT2D eigenvalue weighted by atomic mass is 32.2. The Bertz CT molecular complexity index is 555. The first-order valence-corrected chi connectivity index (χ1v) is 7.12. The number of rotatable bonds is 5. The average Bonchev–Trinajstić information content (AvgIpc) is 2.77. The lowest BCUT2D eigenvalue weighted by molar-refractivity contribution is 0.0693. The topological polar surface area (TPSA) is 63.1 Å². The standard InChI is InChI=1S/C12H12N2O2S2/c1-2-5-10-13-12(18-14-10)17-9-7-4-3-6-8(9)11(15)16/h3-4,6-7H,2,5H2,1H3,(H,15,16). The minimum atomic E-state index is -0.920. The fraction of sp³-hybridized carbons (Fsp3) is 0.250. The number of carboxylic acids is 1. The van der Waals surface area contributed by atoms with Gasteiger partial charge in [0.05, 0.1) is 5.56 Å². The summed E-state index contributed by atoms with van der Waals surface area (Å²) in [6.07, 6.45) is 1.87. The fourth-order valence-corrected chi connectivity index (χ4v) is 3.17. The molecule has 0 atom stereocenters. The van der Waals surface area contributed by atoms with Gasteiger partial charge < -0.3 is 5.11 Å². The third-order valence-electron chi connectivity index (χ3n) is 2.24. The van der Waals surface area contributed by atoms with E-state index in [-0.39, 0.29) is 0 Å². The molecule has 2 aromatic rings. The molecule has 0 bridgehead atoms. The van der Waals surface area contributed by atoms with Crippen LogP contribution in [0.3, 0.4) is 0 Å². The van der Waals surface area contributed by atoms with Crippen LogP contribution in [0.1, 0.15) is 29.5 Å². The quantitative estimate of drug-likeness (QED) is 0.910. The Hall–Kier alpha value is -1.40. The number of aryl methyl sites for hydroxylation is 1. The van der Waals surface area contributed by atoms with E-state index < -0.39 is 5.97 Å². The van der Waals surface area contributed by atoms with Crippen molar-refractivity contribution in [2.75, 3.05) is 0 Å². The van der Waals surface area contributed by atoms with Crippen LogP contribution in [0, 0.1) is 0 Å². The van der Waals surface area contributed by atoms with Crippen LogP contribution in [-0.2, 0) is 6.42 Å². The van der Waals surface area contributed by atoms with Crippen molar-refractivity contribution in [3.8, 4) is 0 Å². The number of carboxylic acid groups (broad SMARTS) is 1. The maximum absolute atomic E-state index is 11.1. The highest BCUT2D eigenvalue weighted by Crippen LogP contribution is 2.31. The molecule has 1 aromatic heterocycles. The molecule has 0 spiro atoms. The molecule has 0 fully saturated rings. The molecule has 0 aliphatic heterocycles. The number of aromatic carboxylic acids is 1. The van der Waals surface area contributed by atoms with Crippen molar-refractivity contribution in [3.63, 3.8) is 0 Å². The summed E-state index contributed by atoms with van der Waals surface area (Å²) >= 11 is 2.67. The molecule has 0 amide bonds. The Balaban J connectivity index is 2.20. The van der Waals surface area contributed by atoms with Crippen LogP contribution < -0.4 is 0 Å². The summed E-state index contributed by atoms with van der Waals surface area (Å²) in [5.74, 6) is -0.0887. The van der Waals surface area contributed by atoms with Gasteiger partial charge in [0.15, 0.2) is 4.34 Å². The van der Waals surface area contributed by atoms with Crippen LogP contribution in [0.4, 0.5) is 0 Å². The van der Waals surface area contributed by atoms with Crippen LogP contribution in [0.5, 0.6) is 0 Å². The van der Waals surface area contributed by atoms with Gasteiger partial charge in [-0.05, 0) is 30.1 Å². The summed E-state index contributed by atoms with van der Waals surface area (Å²) in [6.45, 7) is 2.08. The molecular formula is C12H12N2O2S2. The van der Waals surface area contributed by atoms with Gasteiger partial charge in [-0.25, -0.2) is 9.78 Å². The van der Waals surface area contributed by atoms with Crippen molar-refractivity contribution in [1.82, 2.24) is 9.36 Å².